The van der Waals surface area contributed by atoms with E-state index in [-0.39, 0.29) is 5.69 Å². The second-order valence-corrected chi connectivity index (χ2v) is 3.75. The highest BCUT2D eigenvalue weighted by Gasteiger charge is 1.96. The Labute approximate surface area is 98.7 Å². The molecule has 0 spiro atoms. The van der Waals surface area contributed by atoms with Gasteiger partial charge in [-0.05, 0) is 24.6 Å². The van der Waals surface area contributed by atoms with E-state index in [1.54, 1.807) is 10.8 Å². The molecule has 0 unspecified atom stereocenters. The minimum Gasteiger partial charge on any atom is -0.313 e. The lowest BCUT2D eigenvalue weighted by Crippen LogP contribution is -2.20. The summed E-state index contributed by atoms with van der Waals surface area (Å²) in [5, 5.41) is 9.33. The van der Waals surface area contributed by atoms with Gasteiger partial charge in [0.1, 0.15) is 6.33 Å². The summed E-state index contributed by atoms with van der Waals surface area (Å²) in [5.41, 5.74) is 1.00. The largest absolute Gasteiger partial charge is 0.343 e. The van der Waals surface area contributed by atoms with Gasteiger partial charge in [0.2, 0.25) is 0 Å². The Bertz CT molecular complexity index is 490. The van der Waals surface area contributed by atoms with Crippen molar-refractivity contribution in [3.05, 3.63) is 46.9 Å². The maximum Gasteiger partial charge on any atom is 0.343 e. The lowest BCUT2D eigenvalue weighted by molar-refractivity contribution is 0.570. The minimum atomic E-state index is -0.155. The van der Waals surface area contributed by atoms with Crippen LogP contribution in [0.2, 0.25) is 0 Å². The topological polar surface area (TPSA) is 75.6 Å². The molecule has 0 saturated heterocycles. The van der Waals surface area contributed by atoms with Gasteiger partial charge < -0.3 is 5.32 Å². The zero-order chi connectivity index (χ0) is 11.9. The van der Waals surface area contributed by atoms with E-state index in [1.807, 2.05) is 18.3 Å². The monoisotopic (exact) mass is 233 g/mol. The van der Waals surface area contributed by atoms with Gasteiger partial charge in [-0.15, -0.1) is 0 Å². The van der Waals surface area contributed by atoms with E-state index in [4.69, 9.17) is 0 Å². The van der Waals surface area contributed by atoms with Gasteiger partial charge in [0.15, 0.2) is 0 Å². The molecular formula is C11H15N5O. The van der Waals surface area contributed by atoms with Crippen molar-refractivity contribution in [2.24, 2.45) is 0 Å². The second-order valence-electron chi connectivity index (χ2n) is 3.75. The van der Waals surface area contributed by atoms with Crippen LogP contribution in [0.5, 0.6) is 0 Å². The average molecular weight is 233 g/mol. The predicted octanol–water partition coefficient (Wildman–Crippen LogP) is 0.146. The summed E-state index contributed by atoms with van der Waals surface area (Å²) in [6.07, 6.45) is 6.01. The molecule has 6 heteroatoms. The third-order valence-corrected chi connectivity index (χ3v) is 2.42. The Hall–Kier alpha value is -1.95. The van der Waals surface area contributed by atoms with Crippen LogP contribution < -0.4 is 11.0 Å². The molecule has 0 radical (unpaired) electrons. The molecular weight excluding hydrogens is 218 g/mol. The molecule has 0 bridgehead atoms. The van der Waals surface area contributed by atoms with Crippen LogP contribution in [0.25, 0.3) is 0 Å². The van der Waals surface area contributed by atoms with Gasteiger partial charge in [-0.25, -0.2) is 9.89 Å². The molecule has 6 nitrogen and oxygen atoms in total. The number of aromatic amines is 1. The van der Waals surface area contributed by atoms with Crippen LogP contribution in [0, 0.1) is 0 Å². The van der Waals surface area contributed by atoms with Gasteiger partial charge in [-0.3, -0.25) is 9.55 Å². The molecule has 17 heavy (non-hydrogen) atoms. The van der Waals surface area contributed by atoms with Crippen LogP contribution in [-0.2, 0) is 13.1 Å². The summed E-state index contributed by atoms with van der Waals surface area (Å²) in [4.78, 5) is 15.2. The number of rotatable bonds is 6. The molecule has 0 aliphatic rings. The summed E-state index contributed by atoms with van der Waals surface area (Å²) in [6, 6.07) is 3.95. The number of nitrogens with one attached hydrogen (secondary N) is 2. The first-order valence-electron chi connectivity index (χ1n) is 5.56. The van der Waals surface area contributed by atoms with Gasteiger partial charge in [-0.1, -0.05) is 6.07 Å². The molecule has 0 aliphatic carbocycles. The Morgan fingerprint density at radius 1 is 1.47 bits per heavy atom. The fourth-order valence-corrected chi connectivity index (χ4v) is 1.54. The maximum absolute atomic E-state index is 11.1. The highest BCUT2D eigenvalue weighted by molar-refractivity contribution is 5.07. The molecule has 2 rings (SSSR count). The summed E-state index contributed by atoms with van der Waals surface area (Å²) in [6.45, 7) is 2.33. The third kappa shape index (κ3) is 3.53. The van der Waals surface area contributed by atoms with Crippen molar-refractivity contribution in [3.8, 4) is 0 Å². The lowest BCUT2D eigenvalue weighted by Gasteiger charge is -2.04. The number of hydrogen-bond acceptors (Lipinski definition) is 4. The number of aryl methyl sites for hydroxylation is 1. The smallest absolute Gasteiger partial charge is 0.313 e. The zero-order valence-corrected chi connectivity index (χ0v) is 9.47. The SMILES string of the molecule is O=c1[nH]ncn1CCCNCc1cccnc1. The lowest BCUT2D eigenvalue weighted by atomic mass is 10.3. The highest BCUT2D eigenvalue weighted by Crippen LogP contribution is 1.94. The normalized spacial score (nSPS) is 10.6. The van der Waals surface area contributed by atoms with Crippen molar-refractivity contribution in [3.63, 3.8) is 0 Å². The van der Waals surface area contributed by atoms with E-state index in [0.717, 1.165) is 25.1 Å². The van der Waals surface area contributed by atoms with Crippen molar-refractivity contribution in [1.29, 1.82) is 0 Å². The number of hydrogen-bond donors (Lipinski definition) is 2. The predicted molar refractivity (Wildman–Crippen MR) is 63.4 cm³/mol. The Kier molecular flexibility index (Phi) is 4.04. The molecule has 2 aromatic heterocycles. The fraction of sp³-hybridized carbons (Fsp3) is 0.364. The van der Waals surface area contributed by atoms with E-state index in [9.17, 15) is 4.79 Å². The molecule has 2 heterocycles. The third-order valence-electron chi connectivity index (χ3n) is 2.42. The van der Waals surface area contributed by atoms with Crippen LogP contribution in [-0.4, -0.2) is 26.3 Å². The molecule has 0 amide bonds. The van der Waals surface area contributed by atoms with Crippen molar-refractivity contribution >= 4 is 0 Å². The number of H-pyrrole nitrogens is 1. The second kappa shape index (κ2) is 5.95. The van der Waals surface area contributed by atoms with Crippen LogP contribution in [0.3, 0.4) is 0 Å². The van der Waals surface area contributed by atoms with E-state index >= 15 is 0 Å². The number of nitrogens with zero attached hydrogens (tertiary/aromatic N) is 3. The summed E-state index contributed by atoms with van der Waals surface area (Å²) < 4.78 is 1.56. The van der Waals surface area contributed by atoms with Gasteiger partial charge in [0, 0.05) is 25.5 Å². The zero-order valence-electron chi connectivity index (χ0n) is 9.47. The molecule has 90 valence electrons. The molecule has 0 saturated carbocycles. The van der Waals surface area contributed by atoms with Crippen molar-refractivity contribution in [2.45, 2.75) is 19.5 Å². The first kappa shape index (κ1) is 11.5. The molecule has 2 aromatic rings. The minimum absolute atomic E-state index is 0.155. The molecule has 0 aliphatic heterocycles. The van der Waals surface area contributed by atoms with Crippen molar-refractivity contribution < 1.29 is 0 Å². The van der Waals surface area contributed by atoms with E-state index in [0.29, 0.717) is 6.54 Å². The van der Waals surface area contributed by atoms with Crippen molar-refractivity contribution in [1.82, 2.24) is 25.1 Å². The summed E-state index contributed by atoms with van der Waals surface area (Å²) in [5.74, 6) is 0. The number of aromatic nitrogens is 4. The van der Waals surface area contributed by atoms with E-state index < -0.39 is 0 Å². The Morgan fingerprint density at radius 2 is 2.41 bits per heavy atom. The molecule has 0 aromatic carbocycles. The van der Waals surface area contributed by atoms with Gasteiger partial charge in [0.25, 0.3) is 0 Å². The first-order valence-corrected chi connectivity index (χ1v) is 5.56. The van der Waals surface area contributed by atoms with Gasteiger partial charge in [0.05, 0.1) is 0 Å². The maximum atomic E-state index is 11.1. The number of pyridine rings is 1. The Morgan fingerprint density at radius 3 is 3.12 bits per heavy atom. The van der Waals surface area contributed by atoms with Crippen LogP contribution in [0.15, 0.2) is 35.6 Å². The summed E-state index contributed by atoms with van der Waals surface area (Å²) >= 11 is 0. The van der Waals surface area contributed by atoms with Crippen LogP contribution in [0.1, 0.15) is 12.0 Å². The summed E-state index contributed by atoms with van der Waals surface area (Å²) in [7, 11) is 0. The quantitative estimate of drug-likeness (QED) is 0.696. The Balaban J connectivity index is 1.64. The fourth-order valence-electron chi connectivity index (χ4n) is 1.54. The van der Waals surface area contributed by atoms with Gasteiger partial charge in [-0.2, -0.15) is 5.10 Å². The van der Waals surface area contributed by atoms with Crippen molar-refractivity contribution in [2.75, 3.05) is 6.54 Å². The standard InChI is InChI=1S/C11H15N5O/c17-11-15-14-9-16(11)6-2-5-13-8-10-3-1-4-12-7-10/h1,3-4,7,9,13H,2,5-6,8H2,(H,15,17). The van der Waals surface area contributed by atoms with E-state index in [2.05, 4.69) is 20.5 Å². The van der Waals surface area contributed by atoms with Crippen LogP contribution >= 0.6 is 0 Å². The van der Waals surface area contributed by atoms with E-state index in [1.165, 1.54) is 6.33 Å². The molecule has 2 N–H and O–H groups in total. The average Bonchev–Trinajstić information content (AvgIpc) is 2.76. The van der Waals surface area contributed by atoms with Crippen LogP contribution in [0.4, 0.5) is 0 Å². The molecule has 0 atom stereocenters. The first-order chi connectivity index (χ1) is 8.36. The molecule has 0 fully saturated rings. The van der Waals surface area contributed by atoms with Gasteiger partial charge >= 0.3 is 5.69 Å². The highest BCUT2D eigenvalue weighted by atomic mass is 16.1.